The van der Waals surface area contributed by atoms with Gasteiger partial charge in [0.2, 0.25) is 11.7 Å². The van der Waals surface area contributed by atoms with Gasteiger partial charge >= 0.3 is 5.97 Å². The summed E-state index contributed by atoms with van der Waals surface area (Å²) >= 11 is 0. The third-order valence-corrected chi connectivity index (χ3v) is 4.66. The first kappa shape index (κ1) is 19.5. The molecule has 25 heavy (non-hydrogen) atoms. The molecule has 140 valence electrons. The van der Waals surface area contributed by atoms with E-state index in [-0.39, 0.29) is 18.1 Å². The minimum absolute atomic E-state index is 0.000300. The maximum absolute atomic E-state index is 12.4. The van der Waals surface area contributed by atoms with Gasteiger partial charge in [0.25, 0.3) is 0 Å². The lowest BCUT2D eigenvalue weighted by molar-refractivity contribution is -0.135. The summed E-state index contributed by atoms with van der Waals surface area (Å²) in [6, 6.07) is 3.39. The van der Waals surface area contributed by atoms with Crippen molar-refractivity contribution in [3.63, 3.8) is 0 Å². The van der Waals surface area contributed by atoms with Crippen molar-refractivity contribution in [3.8, 4) is 0 Å². The predicted octanol–water partition coefficient (Wildman–Crippen LogP) is 1.65. The zero-order chi connectivity index (χ0) is 18.4. The second-order valence-electron chi connectivity index (χ2n) is 6.80. The molecule has 1 fully saturated rings. The number of nitrogens with zero attached hydrogens (tertiary/aromatic N) is 2. The SMILES string of the molecule is CCC(C)(O)CC(=O)N1CCCN(Cc2ccc(C(=O)OC)o2)CC1. The highest BCUT2D eigenvalue weighted by Gasteiger charge is 2.27. The summed E-state index contributed by atoms with van der Waals surface area (Å²) in [4.78, 5) is 27.8. The number of furan rings is 1. The van der Waals surface area contributed by atoms with Crippen LogP contribution in [0.2, 0.25) is 0 Å². The second-order valence-corrected chi connectivity index (χ2v) is 6.80. The van der Waals surface area contributed by atoms with Gasteiger partial charge in [0.15, 0.2) is 0 Å². The van der Waals surface area contributed by atoms with Crippen molar-refractivity contribution < 1.29 is 23.8 Å². The van der Waals surface area contributed by atoms with Crippen LogP contribution in [-0.4, -0.2) is 65.7 Å². The molecule has 0 radical (unpaired) electrons. The Bertz CT molecular complexity index is 596. The van der Waals surface area contributed by atoms with Gasteiger partial charge in [0.05, 0.1) is 25.7 Å². The van der Waals surface area contributed by atoms with E-state index in [0.717, 1.165) is 19.5 Å². The molecule has 1 saturated heterocycles. The largest absolute Gasteiger partial charge is 0.463 e. The van der Waals surface area contributed by atoms with Crippen molar-refractivity contribution >= 4 is 11.9 Å². The molecule has 2 heterocycles. The summed E-state index contributed by atoms with van der Waals surface area (Å²) < 4.78 is 10.1. The Morgan fingerprint density at radius 1 is 1.28 bits per heavy atom. The third-order valence-electron chi connectivity index (χ3n) is 4.66. The number of ether oxygens (including phenoxy) is 1. The van der Waals surface area contributed by atoms with E-state index in [0.29, 0.717) is 31.8 Å². The van der Waals surface area contributed by atoms with Gasteiger partial charge in [-0.1, -0.05) is 6.92 Å². The topological polar surface area (TPSA) is 83.2 Å². The minimum atomic E-state index is -0.943. The Kier molecular flexibility index (Phi) is 6.61. The number of hydrogen-bond donors (Lipinski definition) is 1. The summed E-state index contributed by atoms with van der Waals surface area (Å²) in [5.41, 5.74) is -0.943. The first-order valence-corrected chi connectivity index (χ1v) is 8.74. The fourth-order valence-corrected chi connectivity index (χ4v) is 2.83. The Morgan fingerprint density at radius 2 is 2.04 bits per heavy atom. The van der Waals surface area contributed by atoms with E-state index >= 15 is 0 Å². The van der Waals surface area contributed by atoms with E-state index in [2.05, 4.69) is 9.64 Å². The Labute approximate surface area is 148 Å². The molecule has 1 unspecified atom stereocenters. The van der Waals surface area contributed by atoms with Crippen LogP contribution in [0.3, 0.4) is 0 Å². The van der Waals surface area contributed by atoms with Gasteiger partial charge in [0, 0.05) is 26.2 Å². The highest BCUT2D eigenvalue weighted by molar-refractivity contribution is 5.86. The van der Waals surface area contributed by atoms with Crippen LogP contribution >= 0.6 is 0 Å². The van der Waals surface area contributed by atoms with E-state index in [1.165, 1.54) is 7.11 Å². The van der Waals surface area contributed by atoms with Gasteiger partial charge < -0.3 is 19.2 Å². The van der Waals surface area contributed by atoms with E-state index in [1.807, 2.05) is 11.8 Å². The number of hydrogen-bond acceptors (Lipinski definition) is 6. The predicted molar refractivity (Wildman–Crippen MR) is 92.1 cm³/mol. The van der Waals surface area contributed by atoms with Crippen LogP contribution in [0.15, 0.2) is 16.5 Å². The monoisotopic (exact) mass is 352 g/mol. The summed E-state index contributed by atoms with van der Waals surface area (Å²) in [6.07, 6.45) is 1.58. The quantitative estimate of drug-likeness (QED) is 0.784. The molecule has 1 aromatic rings. The van der Waals surface area contributed by atoms with Crippen molar-refractivity contribution in [2.75, 3.05) is 33.3 Å². The number of rotatable bonds is 6. The highest BCUT2D eigenvalue weighted by atomic mass is 16.5. The summed E-state index contributed by atoms with van der Waals surface area (Å²) in [5.74, 6) is 0.418. The average molecular weight is 352 g/mol. The first-order valence-electron chi connectivity index (χ1n) is 8.74. The molecule has 0 spiro atoms. The second kappa shape index (κ2) is 8.49. The normalized spacial score (nSPS) is 18.5. The van der Waals surface area contributed by atoms with Gasteiger partial charge in [-0.05, 0) is 31.9 Å². The Balaban J connectivity index is 1.87. The third kappa shape index (κ3) is 5.57. The lowest BCUT2D eigenvalue weighted by Crippen LogP contribution is -2.39. The summed E-state index contributed by atoms with van der Waals surface area (Å²) in [7, 11) is 1.32. The van der Waals surface area contributed by atoms with Crippen molar-refractivity contribution in [3.05, 3.63) is 23.7 Å². The number of amides is 1. The van der Waals surface area contributed by atoms with E-state index in [9.17, 15) is 14.7 Å². The molecule has 0 saturated carbocycles. The lowest BCUT2D eigenvalue weighted by Gasteiger charge is -2.26. The van der Waals surface area contributed by atoms with Gasteiger partial charge in [-0.3, -0.25) is 9.69 Å². The van der Waals surface area contributed by atoms with Gasteiger partial charge in [-0.2, -0.15) is 0 Å². The van der Waals surface area contributed by atoms with Crippen LogP contribution in [0.1, 0.15) is 49.4 Å². The molecule has 1 atom stereocenters. The maximum atomic E-state index is 12.4. The molecular formula is C18H28N2O5. The summed E-state index contributed by atoms with van der Waals surface area (Å²) in [6.45, 7) is 7.07. The van der Waals surface area contributed by atoms with Crippen LogP contribution in [0.25, 0.3) is 0 Å². The number of carbonyl (C=O) groups excluding carboxylic acids is 2. The Morgan fingerprint density at radius 3 is 2.72 bits per heavy atom. The van der Waals surface area contributed by atoms with Crippen LogP contribution in [0.4, 0.5) is 0 Å². The van der Waals surface area contributed by atoms with Crippen LogP contribution < -0.4 is 0 Å². The van der Waals surface area contributed by atoms with E-state index < -0.39 is 11.6 Å². The van der Waals surface area contributed by atoms with Crippen LogP contribution in [0.5, 0.6) is 0 Å². The molecule has 0 bridgehead atoms. The smallest absolute Gasteiger partial charge is 0.373 e. The van der Waals surface area contributed by atoms with E-state index in [4.69, 9.17) is 4.42 Å². The number of carbonyl (C=O) groups is 2. The molecular weight excluding hydrogens is 324 g/mol. The number of methoxy groups -OCH3 is 1. The van der Waals surface area contributed by atoms with Gasteiger partial charge in [-0.15, -0.1) is 0 Å². The minimum Gasteiger partial charge on any atom is -0.463 e. The Hall–Kier alpha value is -1.86. The molecule has 0 aromatic carbocycles. The fraction of sp³-hybridized carbons (Fsp3) is 0.667. The zero-order valence-electron chi connectivity index (χ0n) is 15.3. The van der Waals surface area contributed by atoms with Gasteiger partial charge in [-0.25, -0.2) is 4.79 Å². The molecule has 1 N–H and O–H groups in total. The molecule has 1 aromatic heterocycles. The van der Waals surface area contributed by atoms with E-state index in [1.54, 1.807) is 19.1 Å². The average Bonchev–Trinajstić information content (AvgIpc) is 2.91. The maximum Gasteiger partial charge on any atom is 0.373 e. The molecule has 1 aliphatic heterocycles. The summed E-state index contributed by atoms with van der Waals surface area (Å²) in [5, 5.41) is 10.1. The van der Waals surface area contributed by atoms with Crippen molar-refractivity contribution in [1.29, 1.82) is 0 Å². The van der Waals surface area contributed by atoms with Crippen molar-refractivity contribution in [2.24, 2.45) is 0 Å². The van der Waals surface area contributed by atoms with Crippen LogP contribution in [0, 0.1) is 0 Å². The first-order chi connectivity index (χ1) is 11.8. The molecule has 2 rings (SSSR count). The van der Waals surface area contributed by atoms with Gasteiger partial charge in [0.1, 0.15) is 5.76 Å². The molecule has 0 aliphatic carbocycles. The van der Waals surface area contributed by atoms with Crippen LogP contribution in [-0.2, 0) is 16.1 Å². The molecule has 7 heteroatoms. The lowest BCUT2D eigenvalue weighted by atomic mass is 9.98. The molecule has 1 aliphatic rings. The molecule has 1 amide bonds. The zero-order valence-corrected chi connectivity index (χ0v) is 15.3. The standard InChI is InChI=1S/C18H28N2O5/c1-4-18(2,23)12-16(21)20-9-5-8-19(10-11-20)13-14-6-7-15(25-14)17(22)24-3/h6-7,23H,4-5,8-13H2,1-3H3. The fourth-order valence-electron chi connectivity index (χ4n) is 2.83. The highest BCUT2D eigenvalue weighted by Crippen LogP contribution is 2.17. The van der Waals surface area contributed by atoms with Crippen molar-refractivity contribution in [2.45, 2.75) is 45.3 Å². The molecule has 7 nitrogen and oxygen atoms in total. The number of aliphatic hydroxyl groups is 1. The van der Waals surface area contributed by atoms with Crippen molar-refractivity contribution in [1.82, 2.24) is 9.80 Å². The number of esters is 1.